The van der Waals surface area contributed by atoms with E-state index < -0.39 is 0 Å². The first-order chi connectivity index (χ1) is 8.18. The molecule has 1 aromatic carbocycles. The Bertz CT molecular complexity index is 325. The zero-order valence-electron chi connectivity index (χ0n) is 11.5. The minimum absolute atomic E-state index is 0.808. The van der Waals surface area contributed by atoms with Crippen molar-refractivity contribution >= 4 is 0 Å². The molecule has 0 heterocycles. The monoisotopic (exact) mass is 230 g/mol. The third-order valence-corrected chi connectivity index (χ3v) is 4.49. The second-order valence-electron chi connectivity index (χ2n) is 6.21. The lowest BCUT2D eigenvalue weighted by Gasteiger charge is -2.40. The fourth-order valence-electron chi connectivity index (χ4n) is 3.13. The molecular weight excluding hydrogens is 204 g/mol. The maximum absolute atomic E-state index is 2.43. The lowest BCUT2D eigenvalue weighted by Crippen LogP contribution is -2.29. The van der Waals surface area contributed by atoms with Gasteiger partial charge in [0.15, 0.2) is 0 Å². The molecule has 17 heavy (non-hydrogen) atoms. The fraction of sp³-hybridized carbons (Fsp3) is 0.647. The molecule has 0 aromatic heterocycles. The number of hydrogen-bond donors (Lipinski definition) is 0. The summed E-state index contributed by atoms with van der Waals surface area (Å²) in [5.41, 5.74) is 1.57. The van der Waals surface area contributed by atoms with E-state index in [2.05, 4.69) is 51.1 Å². The molecule has 0 bridgehead atoms. The molecule has 0 radical (unpaired) electrons. The van der Waals surface area contributed by atoms with Crippen LogP contribution in [0.15, 0.2) is 30.3 Å². The molecule has 0 saturated heterocycles. The van der Waals surface area contributed by atoms with Gasteiger partial charge >= 0.3 is 0 Å². The zero-order valence-corrected chi connectivity index (χ0v) is 11.5. The van der Waals surface area contributed by atoms with Gasteiger partial charge in [-0.1, -0.05) is 63.9 Å². The lowest BCUT2D eigenvalue weighted by atomic mass is 9.64. The van der Waals surface area contributed by atoms with Crippen molar-refractivity contribution in [1.29, 1.82) is 0 Å². The number of benzene rings is 1. The number of hydrogen-bond acceptors (Lipinski definition) is 0. The second kappa shape index (κ2) is 5.71. The van der Waals surface area contributed by atoms with Crippen molar-refractivity contribution in [3.8, 4) is 0 Å². The van der Waals surface area contributed by atoms with E-state index in [9.17, 15) is 0 Å². The van der Waals surface area contributed by atoms with E-state index in [0.717, 1.165) is 23.7 Å². The van der Waals surface area contributed by atoms with Crippen LogP contribution in [0.25, 0.3) is 0 Å². The van der Waals surface area contributed by atoms with E-state index in [4.69, 9.17) is 0 Å². The van der Waals surface area contributed by atoms with Gasteiger partial charge in [0.25, 0.3) is 0 Å². The van der Waals surface area contributed by atoms with E-state index in [-0.39, 0.29) is 0 Å². The predicted molar refractivity (Wildman–Crippen MR) is 75.1 cm³/mol. The molecule has 0 nitrogen and oxygen atoms in total. The summed E-state index contributed by atoms with van der Waals surface area (Å²) in [6.45, 7) is 7.11. The van der Waals surface area contributed by atoms with Crippen molar-refractivity contribution in [1.82, 2.24) is 0 Å². The highest BCUT2D eigenvalue weighted by Gasteiger charge is 2.34. The molecule has 3 atom stereocenters. The van der Waals surface area contributed by atoms with Crippen molar-refractivity contribution in [2.75, 3.05) is 0 Å². The predicted octanol–water partition coefficient (Wildman–Crippen LogP) is 5.25. The minimum atomic E-state index is 0.808. The Morgan fingerprint density at radius 2 is 1.76 bits per heavy atom. The van der Waals surface area contributed by atoms with Gasteiger partial charge in [-0.15, -0.1) is 0 Å². The molecule has 0 amide bonds. The minimum Gasteiger partial charge on any atom is -0.0628 e. The van der Waals surface area contributed by atoms with Crippen LogP contribution in [0.5, 0.6) is 0 Å². The molecule has 0 N–H and O–H groups in total. The standard InChI is InChI=1S/C17H26/c1-13(2)9-11-17(16-12-10-14(16)3)15-7-5-4-6-8-15/h4-8,13-14,16-17H,9-12H2,1-3H3. The molecule has 1 aliphatic carbocycles. The Morgan fingerprint density at radius 1 is 1.06 bits per heavy atom. The summed E-state index contributed by atoms with van der Waals surface area (Å²) in [5.74, 6) is 3.52. The average Bonchev–Trinajstić information content (AvgIpc) is 2.33. The van der Waals surface area contributed by atoms with Gasteiger partial charge in [0.1, 0.15) is 0 Å². The lowest BCUT2D eigenvalue weighted by molar-refractivity contribution is 0.149. The molecule has 2 rings (SSSR count). The van der Waals surface area contributed by atoms with Crippen molar-refractivity contribution < 1.29 is 0 Å². The molecule has 1 aromatic rings. The third-order valence-electron chi connectivity index (χ3n) is 4.49. The van der Waals surface area contributed by atoms with Gasteiger partial charge in [0.05, 0.1) is 0 Å². The van der Waals surface area contributed by atoms with Crippen LogP contribution >= 0.6 is 0 Å². The van der Waals surface area contributed by atoms with Crippen LogP contribution in [0.1, 0.15) is 57.9 Å². The van der Waals surface area contributed by atoms with Gasteiger partial charge in [-0.2, -0.15) is 0 Å². The smallest absolute Gasteiger partial charge is 0.0131 e. The van der Waals surface area contributed by atoms with Crippen LogP contribution in [0.4, 0.5) is 0 Å². The van der Waals surface area contributed by atoms with Crippen LogP contribution < -0.4 is 0 Å². The van der Waals surface area contributed by atoms with Crippen LogP contribution in [0.3, 0.4) is 0 Å². The molecule has 1 aliphatic rings. The Labute approximate surface area is 106 Å². The van der Waals surface area contributed by atoms with Crippen LogP contribution in [0.2, 0.25) is 0 Å². The summed E-state index contributed by atoms with van der Waals surface area (Å²) in [7, 11) is 0. The zero-order chi connectivity index (χ0) is 12.3. The van der Waals surface area contributed by atoms with Gasteiger partial charge in [0.2, 0.25) is 0 Å². The molecule has 3 unspecified atom stereocenters. The molecule has 0 aliphatic heterocycles. The van der Waals surface area contributed by atoms with Crippen molar-refractivity contribution in [2.45, 2.75) is 52.4 Å². The van der Waals surface area contributed by atoms with Crippen LogP contribution in [0, 0.1) is 17.8 Å². The largest absolute Gasteiger partial charge is 0.0628 e. The van der Waals surface area contributed by atoms with E-state index in [1.54, 1.807) is 5.56 Å². The van der Waals surface area contributed by atoms with Gasteiger partial charge in [0, 0.05) is 0 Å². The van der Waals surface area contributed by atoms with Crippen molar-refractivity contribution in [3.63, 3.8) is 0 Å². The second-order valence-corrected chi connectivity index (χ2v) is 6.21. The third kappa shape index (κ3) is 3.12. The van der Waals surface area contributed by atoms with Crippen LogP contribution in [-0.2, 0) is 0 Å². The van der Waals surface area contributed by atoms with E-state index >= 15 is 0 Å². The van der Waals surface area contributed by atoms with E-state index in [1.165, 1.54) is 25.7 Å². The topological polar surface area (TPSA) is 0 Å². The first-order valence-electron chi connectivity index (χ1n) is 7.23. The van der Waals surface area contributed by atoms with Gasteiger partial charge < -0.3 is 0 Å². The molecule has 94 valence electrons. The maximum Gasteiger partial charge on any atom is -0.0131 e. The first kappa shape index (κ1) is 12.7. The Morgan fingerprint density at radius 3 is 2.24 bits per heavy atom. The Balaban J connectivity index is 2.07. The number of rotatable bonds is 5. The Kier molecular flexibility index (Phi) is 4.25. The SMILES string of the molecule is CC(C)CCC(c1ccccc1)C1CCC1C. The Hall–Kier alpha value is -0.780. The summed E-state index contributed by atoms with van der Waals surface area (Å²) in [6.07, 6.45) is 5.62. The highest BCUT2D eigenvalue weighted by Crippen LogP contribution is 2.46. The van der Waals surface area contributed by atoms with Crippen molar-refractivity contribution in [2.24, 2.45) is 17.8 Å². The highest BCUT2D eigenvalue weighted by atomic mass is 14.4. The fourth-order valence-corrected chi connectivity index (χ4v) is 3.13. The summed E-state index contributed by atoms with van der Waals surface area (Å²) in [6, 6.07) is 11.2. The molecule has 1 saturated carbocycles. The van der Waals surface area contributed by atoms with Crippen molar-refractivity contribution in [3.05, 3.63) is 35.9 Å². The highest BCUT2D eigenvalue weighted by molar-refractivity contribution is 5.21. The van der Waals surface area contributed by atoms with E-state index in [1.807, 2.05) is 0 Å². The molecule has 0 spiro atoms. The summed E-state index contributed by atoms with van der Waals surface area (Å²) < 4.78 is 0. The molecule has 1 fully saturated rings. The normalized spacial score (nSPS) is 25.6. The quantitative estimate of drug-likeness (QED) is 0.648. The van der Waals surface area contributed by atoms with Gasteiger partial charge in [-0.05, 0) is 42.1 Å². The summed E-state index contributed by atoms with van der Waals surface area (Å²) in [5, 5.41) is 0. The first-order valence-corrected chi connectivity index (χ1v) is 7.23. The van der Waals surface area contributed by atoms with Gasteiger partial charge in [-0.25, -0.2) is 0 Å². The molecular formula is C17H26. The van der Waals surface area contributed by atoms with E-state index in [0.29, 0.717) is 0 Å². The average molecular weight is 230 g/mol. The summed E-state index contributed by atoms with van der Waals surface area (Å²) in [4.78, 5) is 0. The van der Waals surface area contributed by atoms with Gasteiger partial charge in [-0.3, -0.25) is 0 Å². The molecule has 0 heteroatoms. The van der Waals surface area contributed by atoms with Crippen LogP contribution in [-0.4, -0.2) is 0 Å². The summed E-state index contributed by atoms with van der Waals surface area (Å²) >= 11 is 0. The maximum atomic E-state index is 2.43.